The number of aromatic nitrogens is 2. The molecule has 1 unspecified atom stereocenters. The first-order valence-corrected chi connectivity index (χ1v) is 12.6. The molecule has 0 aliphatic carbocycles. The Kier molecular flexibility index (Phi) is 8.22. The number of nitrogens with zero attached hydrogens (tertiary/aromatic N) is 3. The van der Waals surface area contributed by atoms with Crippen molar-refractivity contribution in [2.45, 2.75) is 51.7 Å². The number of pyridine rings is 2. The van der Waals surface area contributed by atoms with E-state index in [1.54, 1.807) is 5.32 Å². The van der Waals surface area contributed by atoms with Crippen LogP contribution >= 0.6 is 0 Å². The molecule has 1 aromatic carbocycles. The normalized spacial score (nSPS) is 16.3. The lowest BCUT2D eigenvalue weighted by atomic mass is 10.0. The van der Waals surface area contributed by atoms with Crippen molar-refractivity contribution in [1.82, 2.24) is 14.9 Å². The number of halogens is 6. The minimum Gasteiger partial charge on any atom is -0.340 e. The summed E-state index contributed by atoms with van der Waals surface area (Å²) in [6, 6.07) is 0.751. The van der Waals surface area contributed by atoms with Crippen molar-refractivity contribution < 1.29 is 40.7 Å². The highest BCUT2D eigenvalue weighted by molar-refractivity contribution is 5.99. The van der Waals surface area contributed by atoms with E-state index >= 15 is 0 Å². The van der Waals surface area contributed by atoms with E-state index in [1.807, 2.05) is 0 Å². The quantitative estimate of drug-likeness (QED) is 0.392. The monoisotopic (exact) mass is 582 g/mol. The summed E-state index contributed by atoms with van der Waals surface area (Å²) in [6.45, 7) is 2.76. The van der Waals surface area contributed by atoms with Crippen molar-refractivity contribution >= 4 is 34.4 Å². The Labute approximate surface area is 229 Å². The van der Waals surface area contributed by atoms with Crippen molar-refractivity contribution in [2.75, 3.05) is 11.4 Å². The molecule has 14 heteroatoms. The van der Waals surface area contributed by atoms with Crippen molar-refractivity contribution in [1.29, 1.82) is 0 Å². The zero-order valence-corrected chi connectivity index (χ0v) is 21.8. The van der Waals surface area contributed by atoms with Gasteiger partial charge in [-0.2, -0.15) is 13.2 Å². The minimum absolute atomic E-state index is 0.00998. The van der Waals surface area contributed by atoms with Gasteiger partial charge in [-0.3, -0.25) is 23.9 Å². The number of ketones is 1. The molecule has 1 saturated heterocycles. The molecule has 3 aromatic rings. The van der Waals surface area contributed by atoms with E-state index in [4.69, 9.17) is 0 Å². The SMILES string of the molecule is CC[C@H](NC(=O)c1cn(-c2c(F)cc(F)cc2F)c2nc(N3CC(CCC(C)=O)CC3=O)ccc2c1=O)C(F)(F)F. The molecular formula is C27H24F6N4O4. The molecule has 1 aliphatic heterocycles. The molecule has 2 atom stereocenters. The number of amides is 2. The maximum absolute atomic E-state index is 14.9. The second kappa shape index (κ2) is 11.3. The zero-order valence-electron chi connectivity index (χ0n) is 21.8. The average molecular weight is 583 g/mol. The number of nitrogens with one attached hydrogen (secondary N) is 1. The Bertz CT molecular complexity index is 1580. The van der Waals surface area contributed by atoms with E-state index < -0.39 is 69.7 Å². The lowest BCUT2D eigenvalue weighted by Crippen LogP contribution is -2.46. The fourth-order valence-electron chi connectivity index (χ4n) is 4.70. The predicted molar refractivity (Wildman–Crippen MR) is 135 cm³/mol. The second-order valence-electron chi connectivity index (χ2n) is 9.79. The van der Waals surface area contributed by atoms with E-state index in [0.717, 1.165) is 13.0 Å². The Balaban J connectivity index is 1.88. The Hall–Kier alpha value is -4.23. The van der Waals surface area contributed by atoms with Gasteiger partial charge in [0.2, 0.25) is 11.3 Å². The number of rotatable bonds is 8. The fourth-order valence-corrected chi connectivity index (χ4v) is 4.70. The van der Waals surface area contributed by atoms with Crippen molar-refractivity contribution in [2.24, 2.45) is 5.92 Å². The van der Waals surface area contributed by atoms with Crippen LogP contribution in [0, 0.1) is 23.4 Å². The van der Waals surface area contributed by atoms with Gasteiger partial charge >= 0.3 is 6.18 Å². The van der Waals surface area contributed by atoms with E-state index in [9.17, 15) is 45.5 Å². The van der Waals surface area contributed by atoms with Crippen LogP contribution in [-0.4, -0.2) is 45.9 Å². The van der Waals surface area contributed by atoms with Gasteiger partial charge in [0.05, 0.1) is 5.39 Å². The number of fused-ring (bicyclic) bond motifs is 1. The van der Waals surface area contributed by atoms with Crippen LogP contribution in [0.1, 0.15) is 49.9 Å². The van der Waals surface area contributed by atoms with Gasteiger partial charge in [-0.05, 0) is 37.8 Å². The molecule has 41 heavy (non-hydrogen) atoms. The van der Waals surface area contributed by atoms with Gasteiger partial charge in [-0.15, -0.1) is 0 Å². The summed E-state index contributed by atoms with van der Waals surface area (Å²) in [7, 11) is 0. The minimum atomic E-state index is -4.84. The van der Waals surface area contributed by atoms with Crippen molar-refractivity contribution in [3.63, 3.8) is 0 Å². The van der Waals surface area contributed by atoms with Crippen LogP contribution in [-0.2, 0) is 9.59 Å². The van der Waals surface area contributed by atoms with Gasteiger partial charge in [0.25, 0.3) is 5.91 Å². The molecule has 4 rings (SSSR count). The smallest absolute Gasteiger partial charge is 0.340 e. The molecule has 1 fully saturated rings. The number of carbonyl (C=O) groups excluding carboxylic acids is 3. The summed E-state index contributed by atoms with van der Waals surface area (Å²) >= 11 is 0. The Morgan fingerprint density at radius 2 is 1.78 bits per heavy atom. The maximum Gasteiger partial charge on any atom is 0.408 e. The second-order valence-corrected chi connectivity index (χ2v) is 9.79. The van der Waals surface area contributed by atoms with Crippen LogP contribution in [0.15, 0.2) is 35.3 Å². The van der Waals surface area contributed by atoms with E-state index in [1.165, 1.54) is 17.9 Å². The number of hydrogen-bond donors (Lipinski definition) is 1. The van der Waals surface area contributed by atoms with Crippen LogP contribution in [0.4, 0.5) is 32.2 Å². The standard InChI is InChI=1S/C27H24F6N4O4/c1-3-20(27(31,32)33)34-26(41)17-12-37(23-18(29)9-15(28)10-19(23)30)25-16(24(17)40)6-7-21(35-25)36-11-14(8-22(36)39)5-4-13(2)38/h6-7,9-10,12,14,20H,3-5,8,11H2,1-2H3,(H,34,41)/t14?,20-/m0/s1. The first kappa shape index (κ1) is 29.7. The third kappa shape index (κ3) is 6.10. The lowest BCUT2D eigenvalue weighted by molar-refractivity contribution is -0.153. The summed E-state index contributed by atoms with van der Waals surface area (Å²) in [5, 5.41) is 1.31. The summed E-state index contributed by atoms with van der Waals surface area (Å²) in [5.41, 5.74) is -3.35. The molecule has 1 aliphatic rings. The molecular weight excluding hydrogens is 558 g/mol. The molecule has 2 aromatic heterocycles. The van der Waals surface area contributed by atoms with Crippen LogP contribution in [0.2, 0.25) is 0 Å². The highest BCUT2D eigenvalue weighted by Gasteiger charge is 2.40. The Morgan fingerprint density at radius 3 is 2.37 bits per heavy atom. The lowest BCUT2D eigenvalue weighted by Gasteiger charge is -2.21. The van der Waals surface area contributed by atoms with Gasteiger partial charge in [0.15, 0.2) is 17.3 Å². The molecule has 3 heterocycles. The fraction of sp³-hybridized carbons (Fsp3) is 0.370. The highest BCUT2D eigenvalue weighted by Crippen LogP contribution is 2.30. The highest BCUT2D eigenvalue weighted by atomic mass is 19.4. The summed E-state index contributed by atoms with van der Waals surface area (Å²) in [6.07, 6.45) is -3.95. The van der Waals surface area contributed by atoms with Gasteiger partial charge in [-0.25, -0.2) is 18.2 Å². The number of benzene rings is 1. The number of Topliss-reactive ketones (excluding diaryl/α,β-unsaturated/α-hetero) is 1. The topological polar surface area (TPSA) is 101 Å². The van der Waals surface area contributed by atoms with Crippen molar-refractivity contribution in [3.05, 3.63) is 63.7 Å². The third-order valence-corrected chi connectivity index (χ3v) is 6.80. The van der Waals surface area contributed by atoms with Gasteiger partial charge in [0.1, 0.15) is 34.7 Å². The molecule has 218 valence electrons. The van der Waals surface area contributed by atoms with Gasteiger partial charge in [-0.1, -0.05) is 6.92 Å². The van der Waals surface area contributed by atoms with Gasteiger partial charge < -0.3 is 10.1 Å². The molecule has 1 N–H and O–H groups in total. The largest absolute Gasteiger partial charge is 0.408 e. The first-order valence-electron chi connectivity index (χ1n) is 12.6. The molecule has 0 bridgehead atoms. The predicted octanol–water partition coefficient (Wildman–Crippen LogP) is 4.60. The average Bonchev–Trinajstić information content (AvgIpc) is 3.26. The number of anilines is 1. The van der Waals surface area contributed by atoms with Crippen LogP contribution in [0.5, 0.6) is 0 Å². The molecule has 0 radical (unpaired) electrons. The van der Waals surface area contributed by atoms with Crippen LogP contribution in [0.3, 0.4) is 0 Å². The number of carbonyl (C=O) groups is 3. The first-order chi connectivity index (χ1) is 19.2. The van der Waals surface area contributed by atoms with E-state index in [2.05, 4.69) is 4.98 Å². The molecule has 0 saturated carbocycles. The zero-order chi connectivity index (χ0) is 30.2. The Morgan fingerprint density at radius 1 is 1.12 bits per heavy atom. The molecule has 8 nitrogen and oxygen atoms in total. The van der Waals surface area contributed by atoms with Gasteiger partial charge in [0, 0.05) is 37.7 Å². The van der Waals surface area contributed by atoms with Crippen LogP contribution < -0.4 is 15.6 Å². The van der Waals surface area contributed by atoms with Crippen LogP contribution in [0.25, 0.3) is 16.7 Å². The number of hydrogen-bond acceptors (Lipinski definition) is 5. The molecule has 2 amide bonds. The maximum atomic E-state index is 14.9. The molecule has 0 spiro atoms. The number of alkyl halides is 3. The van der Waals surface area contributed by atoms with E-state index in [-0.39, 0.29) is 42.8 Å². The summed E-state index contributed by atoms with van der Waals surface area (Å²) < 4.78 is 83.9. The summed E-state index contributed by atoms with van der Waals surface area (Å²) in [5.74, 6) is -6.21. The van der Waals surface area contributed by atoms with E-state index in [0.29, 0.717) is 29.3 Å². The third-order valence-electron chi connectivity index (χ3n) is 6.80. The summed E-state index contributed by atoms with van der Waals surface area (Å²) in [4.78, 5) is 55.7. The van der Waals surface area contributed by atoms with Crippen molar-refractivity contribution in [3.8, 4) is 5.69 Å².